The van der Waals surface area contributed by atoms with Crippen LogP contribution in [0.4, 0.5) is 8.78 Å². The summed E-state index contributed by atoms with van der Waals surface area (Å²) in [5.74, 6) is -3.28. The Bertz CT molecular complexity index is 1340. The third-order valence-electron chi connectivity index (χ3n) is 5.33. The van der Waals surface area contributed by atoms with Crippen molar-refractivity contribution in [2.45, 2.75) is 31.7 Å². The van der Waals surface area contributed by atoms with E-state index in [0.717, 1.165) is 35.9 Å². The van der Waals surface area contributed by atoms with Crippen LogP contribution in [0.5, 0.6) is 5.88 Å². The molecule has 1 aliphatic carbocycles. The molecule has 0 radical (unpaired) electrons. The first-order valence-electron chi connectivity index (χ1n) is 9.56. The van der Waals surface area contributed by atoms with Crippen molar-refractivity contribution in [3.8, 4) is 11.8 Å². The molecule has 0 unspecified atom stereocenters. The lowest BCUT2D eigenvalue weighted by Gasteiger charge is -2.14. The van der Waals surface area contributed by atoms with Gasteiger partial charge in [-0.05, 0) is 37.5 Å². The molecule has 0 saturated heterocycles. The number of hydrogen-bond donors (Lipinski definition) is 2. The molecule has 2 N–H and O–H groups in total. The molecule has 0 amide bonds. The Labute approximate surface area is 173 Å². The summed E-state index contributed by atoms with van der Waals surface area (Å²) >= 11 is 0. The smallest absolute Gasteiger partial charge is 0.338 e. The van der Waals surface area contributed by atoms with E-state index < -0.39 is 23.6 Å². The highest BCUT2D eigenvalue weighted by Crippen LogP contribution is 2.44. The SMILES string of the molecule is C[C@@H](c1ccc(F)c(F)c1)n1nc(C2CC2)c2nc(-n3cc(C(=O)O)cn3)nc(O)c21. The van der Waals surface area contributed by atoms with Gasteiger partial charge in [-0.2, -0.15) is 15.2 Å². The first-order valence-corrected chi connectivity index (χ1v) is 9.56. The molecule has 31 heavy (non-hydrogen) atoms. The van der Waals surface area contributed by atoms with Gasteiger partial charge in [0.2, 0.25) is 5.88 Å². The van der Waals surface area contributed by atoms with Gasteiger partial charge in [-0.25, -0.2) is 23.2 Å². The molecule has 158 valence electrons. The van der Waals surface area contributed by atoms with Crippen molar-refractivity contribution >= 4 is 17.0 Å². The number of benzene rings is 1. The van der Waals surface area contributed by atoms with Crippen molar-refractivity contribution in [1.82, 2.24) is 29.5 Å². The zero-order valence-corrected chi connectivity index (χ0v) is 16.2. The third kappa shape index (κ3) is 3.18. The molecular formula is C20H16F2N6O3. The first-order chi connectivity index (χ1) is 14.8. The standard InChI is InChI=1S/C20H16F2N6O3/c1-9(11-4-5-13(21)14(22)6-11)28-17-16(15(26-28)10-2-3-10)24-20(25-18(17)29)27-8-12(7-23-27)19(30)31/h4-10H,2-3H2,1H3,(H,30,31)(H,24,25,29)/t9-/m0/s1. The molecular weight excluding hydrogens is 410 g/mol. The van der Waals surface area contributed by atoms with Gasteiger partial charge < -0.3 is 10.2 Å². The van der Waals surface area contributed by atoms with E-state index in [1.54, 1.807) is 6.92 Å². The second kappa shape index (κ2) is 6.83. The van der Waals surface area contributed by atoms with Gasteiger partial charge in [-0.15, -0.1) is 0 Å². The Morgan fingerprint density at radius 3 is 2.65 bits per heavy atom. The Morgan fingerprint density at radius 1 is 1.23 bits per heavy atom. The second-order valence-electron chi connectivity index (χ2n) is 7.48. The quantitative estimate of drug-likeness (QED) is 0.503. The molecule has 5 rings (SSSR count). The number of aromatic nitrogens is 6. The molecule has 0 spiro atoms. The fourth-order valence-corrected chi connectivity index (χ4v) is 3.51. The maximum Gasteiger partial charge on any atom is 0.338 e. The van der Waals surface area contributed by atoms with Crippen molar-refractivity contribution in [3.63, 3.8) is 0 Å². The molecule has 4 aromatic rings. The maximum absolute atomic E-state index is 13.8. The summed E-state index contributed by atoms with van der Waals surface area (Å²) in [7, 11) is 0. The van der Waals surface area contributed by atoms with E-state index in [4.69, 9.17) is 5.11 Å². The van der Waals surface area contributed by atoms with E-state index in [1.165, 1.54) is 16.9 Å². The van der Waals surface area contributed by atoms with Crippen LogP contribution in [0, 0.1) is 11.6 Å². The Morgan fingerprint density at radius 2 is 2.00 bits per heavy atom. The number of aromatic carboxylic acids is 1. The highest BCUT2D eigenvalue weighted by atomic mass is 19.2. The van der Waals surface area contributed by atoms with Gasteiger partial charge >= 0.3 is 5.97 Å². The molecule has 1 atom stereocenters. The topological polar surface area (TPSA) is 119 Å². The van der Waals surface area contributed by atoms with Crippen molar-refractivity contribution in [1.29, 1.82) is 0 Å². The van der Waals surface area contributed by atoms with Crippen molar-refractivity contribution in [2.24, 2.45) is 0 Å². The van der Waals surface area contributed by atoms with E-state index in [0.29, 0.717) is 16.8 Å². The van der Waals surface area contributed by atoms with E-state index in [2.05, 4.69) is 20.2 Å². The number of aromatic hydroxyl groups is 1. The fraction of sp³-hybridized carbons (Fsp3) is 0.250. The maximum atomic E-state index is 13.8. The predicted molar refractivity (Wildman–Crippen MR) is 103 cm³/mol. The first kappa shape index (κ1) is 19.1. The van der Waals surface area contributed by atoms with Crippen LogP contribution in [0.1, 0.15) is 53.3 Å². The van der Waals surface area contributed by atoms with E-state index >= 15 is 0 Å². The van der Waals surface area contributed by atoms with Gasteiger partial charge in [-0.3, -0.25) is 4.68 Å². The molecule has 3 heterocycles. The average Bonchev–Trinajstić information content (AvgIpc) is 3.31. The van der Waals surface area contributed by atoms with Crippen LogP contribution in [0.15, 0.2) is 30.6 Å². The fourth-order valence-electron chi connectivity index (χ4n) is 3.51. The number of halogens is 2. The summed E-state index contributed by atoms with van der Waals surface area (Å²) in [6.45, 7) is 1.75. The zero-order chi connectivity index (χ0) is 21.9. The van der Waals surface area contributed by atoms with Crippen LogP contribution in [0.25, 0.3) is 17.0 Å². The molecule has 9 nitrogen and oxygen atoms in total. The number of fused-ring (bicyclic) bond motifs is 1. The van der Waals surface area contributed by atoms with Crippen LogP contribution in [0.2, 0.25) is 0 Å². The minimum atomic E-state index is -1.15. The minimum absolute atomic E-state index is 0.000528. The second-order valence-corrected chi connectivity index (χ2v) is 7.48. The van der Waals surface area contributed by atoms with Crippen LogP contribution in [0.3, 0.4) is 0 Å². The normalized spacial score (nSPS) is 14.8. The number of nitrogens with zero attached hydrogens (tertiary/aromatic N) is 6. The van der Waals surface area contributed by atoms with Crippen molar-refractivity contribution in [2.75, 3.05) is 0 Å². The van der Waals surface area contributed by atoms with Crippen LogP contribution < -0.4 is 0 Å². The van der Waals surface area contributed by atoms with Gasteiger partial charge in [0.05, 0.1) is 23.5 Å². The lowest BCUT2D eigenvalue weighted by molar-refractivity contribution is 0.0697. The average molecular weight is 426 g/mol. The zero-order valence-electron chi connectivity index (χ0n) is 16.2. The van der Waals surface area contributed by atoms with Crippen LogP contribution >= 0.6 is 0 Å². The summed E-state index contributed by atoms with van der Waals surface area (Å²) in [5, 5.41) is 28.4. The molecule has 1 aliphatic rings. The summed E-state index contributed by atoms with van der Waals surface area (Å²) in [6, 6.07) is 3.06. The summed E-state index contributed by atoms with van der Waals surface area (Å²) in [6.07, 6.45) is 4.23. The lowest BCUT2D eigenvalue weighted by atomic mass is 10.1. The number of carboxylic acid groups (broad SMARTS) is 1. The third-order valence-corrected chi connectivity index (χ3v) is 5.33. The molecule has 1 aromatic carbocycles. The van der Waals surface area contributed by atoms with Gasteiger partial charge in [0.1, 0.15) is 11.0 Å². The highest BCUT2D eigenvalue weighted by molar-refractivity contribution is 5.87. The summed E-state index contributed by atoms with van der Waals surface area (Å²) in [4.78, 5) is 19.7. The molecule has 11 heteroatoms. The van der Waals surface area contributed by atoms with Gasteiger partial charge in [0.25, 0.3) is 5.95 Å². The Balaban J connectivity index is 1.66. The van der Waals surface area contributed by atoms with E-state index in [9.17, 15) is 18.7 Å². The summed E-state index contributed by atoms with van der Waals surface area (Å²) in [5.41, 5.74) is 1.75. The minimum Gasteiger partial charge on any atom is -0.492 e. The molecule has 3 aromatic heterocycles. The summed E-state index contributed by atoms with van der Waals surface area (Å²) < 4.78 is 29.8. The van der Waals surface area contributed by atoms with E-state index in [-0.39, 0.29) is 28.8 Å². The molecule has 1 fully saturated rings. The largest absolute Gasteiger partial charge is 0.492 e. The molecule has 1 saturated carbocycles. The highest BCUT2D eigenvalue weighted by Gasteiger charge is 2.33. The van der Waals surface area contributed by atoms with Crippen molar-refractivity contribution < 1.29 is 23.8 Å². The Hall–Kier alpha value is -3.89. The number of carbonyl (C=O) groups is 1. The van der Waals surface area contributed by atoms with Crippen LogP contribution in [-0.2, 0) is 0 Å². The number of hydrogen-bond acceptors (Lipinski definition) is 6. The van der Waals surface area contributed by atoms with Gasteiger partial charge in [0.15, 0.2) is 11.6 Å². The molecule has 0 bridgehead atoms. The number of rotatable bonds is 5. The van der Waals surface area contributed by atoms with Gasteiger partial charge in [-0.1, -0.05) is 6.07 Å². The molecule has 0 aliphatic heterocycles. The van der Waals surface area contributed by atoms with Crippen LogP contribution in [-0.4, -0.2) is 45.7 Å². The Kier molecular flexibility index (Phi) is 4.20. The van der Waals surface area contributed by atoms with Gasteiger partial charge in [0, 0.05) is 12.1 Å². The van der Waals surface area contributed by atoms with Crippen molar-refractivity contribution in [3.05, 3.63) is 59.0 Å². The monoisotopic (exact) mass is 426 g/mol. The van der Waals surface area contributed by atoms with E-state index in [1.807, 2.05) is 0 Å². The lowest BCUT2D eigenvalue weighted by Crippen LogP contribution is -2.10. The number of carboxylic acids is 1. The predicted octanol–water partition coefficient (Wildman–Crippen LogP) is 3.18.